The smallest absolute Gasteiger partial charge is 0.310 e. The van der Waals surface area contributed by atoms with E-state index in [-0.39, 0.29) is 12.4 Å². The van der Waals surface area contributed by atoms with Gasteiger partial charge in [0.15, 0.2) is 5.69 Å². The predicted molar refractivity (Wildman–Crippen MR) is 53.4 cm³/mol. The molecule has 72 valence electrons. The van der Waals surface area contributed by atoms with Crippen LogP contribution in [0.2, 0.25) is 5.02 Å². The second-order valence-electron chi connectivity index (χ2n) is 2.64. The minimum absolute atomic E-state index is 0.133. The molecule has 0 atom stereocenters. The Hall–Kier alpha value is -1.53. The van der Waals surface area contributed by atoms with Gasteiger partial charge in [-0.15, -0.1) is 0 Å². The molecule has 0 saturated carbocycles. The topological polar surface area (TPSA) is 30.7 Å². The SMILES string of the molecule is [C-]#[N+]c1ccc(CC(=O)OC)c(Cl)c1. The number of esters is 1. The minimum atomic E-state index is -0.345. The van der Waals surface area contributed by atoms with Gasteiger partial charge >= 0.3 is 5.97 Å². The minimum Gasteiger partial charge on any atom is -0.469 e. The number of benzene rings is 1. The van der Waals surface area contributed by atoms with Crippen molar-refractivity contribution < 1.29 is 9.53 Å². The van der Waals surface area contributed by atoms with E-state index in [9.17, 15) is 4.79 Å². The molecular formula is C10H8ClNO2. The Morgan fingerprint density at radius 3 is 2.86 bits per heavy atom. The Morgan fingerprint density at radius 1 is 1.64 bits per heavy atom. The average molecular weight is 210 g/mol. The zero-order valence-electron chi connectivity index (χ0n) is 7.58. The summed E-state index contributed by atoms with van der Waals surface area (Å²) in [6, 6.07) is 4.82. The van der Waals surface area contributed by atoms with Crippen molar-refractivity contribution in [2.24, 2.45) is 0 Å². The van der Waals surface area contributed by atoms with Crippen LogP contribution in [-0.2, 0) is 16.0 Å². The van der Waals surface area contributed by atoms with Crippen LogP contribution in [0.15, 0.2) is 18.2 Å². The molecule has 0 fully saturated rings. The second kappa shape index (κ2) is 4.64. The van der Waals surface area contributed by atoms with Crippen LogP contribution >= 0.6 is 11.6 Å². The third-order valence-electron chi connectivity index (χ3n) is 1.73. The fraction of sp³-hybridized carbons (Fsp3) is 0.200. The zero-order valence-corrected chi connectivity index (χ0v) is 8.34. The first kappa shape index (κ1) is 10.6. The van der Waals surface area contributed by atoms with Gasteiger partial charge in [-0.2, -0.15) is 0 Å². The Bertz CT molecular complexity index is 396. The third-order valence-corrected chi connectivity index (χ3v) is 2.08. The molecule has 1 rings (SSSR count). The van der Waals surface area contributed by atoms with Gasteiger partial charge in [0.2, 0.25) is 0 Å². The number of rotatable bonds is 2. The quantitative estimate of drug-likeness (QED) is 0.554. The fourth-order valence-corrected chi connectivity index (χ4v) is 1.22. The lowest BCUT2D eigenvalue weighted by Gasteiger charge is -2.02. The summed E-state index contributed by atoms with van der Waals surface area (Å²) in [5.41, 5.74) is 1.13. The highest BCUT2D eigenvalue weighted by Gasteiger charge is 2.07. The molecule has 0 aliphatic rings. The monoisotopic (exact) mass is 209 g/mol. The molecule has 0 unspecified atom stereocenters. The lowest BCUT2D eigenvalue weighted by Crippen LogP contribution is -2.04. The van der Waals surface area contributed by atoms with Crippen molar-refractivity contribution in [3.05, 3.63) is 40.2 Å². The van der Waals surface area contributed by atoms with Crippen LogP contribution in [0.5, 0.6) is 0 Å². The maximum atomic E-state index is 10.9. The van der Waals surface area contributed by atoms with Crippen molar-refractivity contribution in [1.82, 2.24) is 0 Å². The maximum absolute atomic E-state index is 10.9. The molecule has 0 aliphatic carbocycles. The summed E-state index contributed by atoms with van der Waals surface area (Å²) in [5, 5.41) is 0.420. The summed E-state index contributed by atoms with van der Waals surface area (Å²) in [4.78, 5) is 14.2. The molecule has 0 amide bonds. The molecule has 0 spiro atoms. The van der Waals surface area contributed by atoms with Gasteiger partial charge in [-0.3, -0.25) is 4.79 Å². The number of hydrogen-bond donors (Lipinski definition) is 0. The van der Waals surface area contributed by atoms with E-state index in [1.807, 2.05) is 0 Å². The van der Waals surface area contributed by atoms with Crippen LogP contribution in [0.4, 0.5) is 5.69 Å². The molecule has 0 aromatic heterocycles. The summed E-state index contributed by atoms with van der Waals surface area (Å²) in [5.74, 6) is -0.345. The Kier molecular flexibility index (Phi) is 3.49. The van der Waals surface area contributed by atoms with Crippen LogP contribution in [0, 0.1) is 6.57 Å². The summed E-state index contributed by atoms with van der Waals surface area (Å²) in [7, 11) is 1.32. The first-order valence-electron chi connectivity index (χ1n) is 3.90. The Morgan fingerprint density at radius 2 is 2.36 bits per heavy atom. The van der Waals surface area contributed by atoms with Gasteiger partial charge in [-0.1, -0.05) is 23.7 Å². The Balaban J connectivity index is 2.90. The van der Waals surface area contributed by atoms with E-state index >= 15 is 0 Å². The van der Waals surface area contributed by atoms with Gasteiger partial charge in [0.1, 0.15) is 0 Å². The number of carbonyl (C=O) groups excluding carboxylic acids is 1. The van der Waals surface area contributed by atoms with E-state index in [0.29, 0.717) is 16.3 Å². The molecule has 0 N–H and O–H groups in total. The number of ether oxygens (including phenoxy) is 1. The van der Waals surface area contributed by atoms with Gasteiger partial charge in [-0.25, -0.2) is 4.85 Å². The van der Waals surface area contributed by atoms with Gasteiger partial charge in [-0.05, 0) is 11.6 Å². The normalized spacial score (nSPS) is 9.21. The second-order valence-corrected chi connectivity index (χ2v) is 3.05. The molecule has 1 aromatic rings. The van der Waals surface area contributed by atoms with E-state index in [4.69, 9.17) is 18.2 Å². The number of methoxy groups -OCH3 is 1. The highest BCUT2D eigenvalue weighted by Crippen LogP contribution is 2.23. The number of halogens is 1. The molecule has 0 heterocycles. The van der Waals surface area contributed by atoms with Crippen molar-refractivity contribution in [3.63, 3.8) is 0 Å². The molecule has 0 aliphatic heterocycles. The molecule has 1 aromatic carbocycles. The maximum Gasteiger partial charge on any atom is 0.310 e. The average Bonchev–Trinajstić information content (AvgIpc) is 2.20. The standard InChI is InChI=1S/C10H8ClNO2/c1-12-8-4-3-7(9(11)6-8)5-10(13)14-2/h3-4,6H,5H2,2H3. The summed E-state index contributed by atoms with van der Waals surface area (Å²) in [6.07, 6.45) is 0.133. The first-order chi connectivity index (χ1) is 6.67. The molecule has 4 heteroatoms. The van der Waals surface area contributed by atoms with E-state index in [1.54, 1.807) is 12.1 Å². The Labute approximate surface area is 87.1 Å². The van der Waals surface area contributed by atoms with Crippen LogP contribution in [-0.4, -0.2) is 13.1 Å². The molecule has 14 heavy (non-hydrogen) atoms. The van der Waals surface area contributed by atoms with Crippen molar-refractivity contribution in [2.45, 2.75) is 6.42 Å². The fourth-order valence-electron chi connectivity index (χ4n) is 0.977. The lowest BCUT2D eigenvalue weighted by atomic mass is 10.1. The summed E-state index contributed by atoms with van der Waals surface area (Å²) < 4.78 is 4.51. The first-order valence-corrected chi connectivity index (χ1v) is 4.28. The predicted octanol–water partition coefficient (Wildman–Crippen LogP) is 2.61. The van der Waals surface area contributed by atoms with Crippen molar-refractivity contribution in [3.8, 4) is 0 Å². The molecule has 0 radical (unpaired) electrons. The van der Waals surface area contributed by atoms with Crippen LogP contribution in [0.25, 0.3) is 4.85 Å². The van der Waals surface area contributed by atoms with Gasteiger partial charge in [0.25, 0.3) is 0 Å². The number of carbonyl (C=O) groups is 1. The van der Waals surface area contributed by atoms with Crippen LogP contribution in [0.3, 0.4) is 0 Å². The lowest BCUT2D eigenvalue weighted by molar-refractivity contribution is -0.139. The largest absolute Gasteiger partial charge is 0.469 e. The van der Waals surface area contributed by atoms with E-state index in [2.05, 4.69) is 9.58 Å². The van der Waals surface area contributed by atoms with Crippen LogP contribution in [0.1, 0.15) is 5.56 Å². The highest BCUT2D eigenvalue weighted by atomic mass is 35.5. The molecular weight excluding hydrogens is 202 g/mol. The summed E-state index contributed by atoms with van der Waals surface area (Å²) >= 11 is 5.86. The highest BCUT2D eigenvalue weighted by molar-refractivity contribution is 6.31. The zero-order chi connectivity index (χ0) is 10.6. The molecule has 0 bridgehead atoms. The van der Waals surface area contributed by atoms with E-state index in [1.165, 1.54) is 13.2 Å². The molecule has 0 saturated heterocycles. The van der Waals surface area contributed by atoms with Gasteiger partial charge < -0.3 is 4.74 Å². The van der Waals surface area contributed by atoms with Gasteiger partial charge in [0, 0.05) is 5.02 Å². The number of nitrogens with zero attached hydrogens (tertiary/aromatic N) is 1. The van der Waals surface area contributed by atoms with Gasteiger partial charge in [0.05, 0.1) is 20.1 Å². The third kappa shape index (κ3) is 2.48. The van der Waals surface area contributed by atoms with Crippen molar-refractivity contribution >= 4 is 23.3 Å². The van der Waals surface area contributed by atoms with Crippen molar-refractivity contribution in [1.29, 1.82) is 0 Å². The van der Waals surface area contributed by atoms with E-state index < -0.39 is 0 Å². The van der Waals surface area contributed by atoms with E-state index in [0.717, 1.165) is 0 Å². The van der Waals surface area contributed by atoms with Crippen LogP contribution < -0.4 is 0 Å². The molecule has 3 nitrogen and oxygen atoms in total. The number of hydrogen-bond acceptors (Lipinski definition) is 2. The summed E-state index contributed by atoms with van der Waals surface area (Å²) in [6.45, 7) is 6.76. The van der Waals surface area contributed by atoms with Crippen molar-refractivity contribution in [2.75, 3.05) is 7.11 Å².